The van der Waals surface area contributed by atoms with Gasteiger partial charge in [-0.15, -0.1) is 0 Å². The lowest BCUT2D eigenvalue weighted by Crippen LogP contribution is -2.19. The second-order valence-corrected chi connectivity index (χ2v) is 4.73. The highest BCUT2D eigenvalue weighted by Crippen LogP contribution is 2.28. The minimum absolute atomic E-state index is 0.152. The van der Waals surface area contributed by atoms with E-state index in [0.717, 1.165) is 4.47 Å². The fourth-order valence-corrected chi connectivity index (χ4v) is 1.92. The summed E-state index contributed by atoms with van der Waals surface area (Å²) in [6.45, 7) is 6.83. The van der Waals surface area contributed by atoms with Crippen molar-refractivity contribution < 1.29 is 9.90 Å². The number of rotatable bonds is 2. The van der Waals surface area contributed by atoms with Crippen molar-refractivity contribution in [3.05, 3.63) is 58.4 Å². The Morgan fingerprint density at radius 1 is 1.15 bits per heavy atom. The summed E-state index contributed by atoms with van der Waals surface area (Å²) >= 11 is 3.32. The highest BCUT2D eigenvalue weighted by molar-refractivity contribution is 9.10. The second kappa shape index (κ2) is 6.08. The van der Waals surface area contributed by atoms with Gasteiger partial charge in [0.2, 0.25) is 0 Å². The molecule has 0 fully saturated rings. The standard InChI is InChI=1S/C14H10BrN3O2/c1-16-9-6-7-12(13(19)8-9)18-14(20)17-11-5-3-2-4-10(11)15/h2-8,19H,(H2,17,18,20). The van der Waals surface area contributed by atoms with Crippen LogP contribution in [-0.4, -0.2) is 11.1 Å². The average Bonchev–Trinajstić information content (AvgIpc) is 2.43. The van der Waals surface area contributed by atoms with Gasteiger partial charge in [-0.05, 0) is 40.2 Å². The topological polar surface area (TPSA) is 65.7 Å². The van der Waals surface area contributed by atoms with E-state index < -0.39 is 6.03 Å². The maximum absolute atomic E-state index is 11.8. The van der Waals surface area contributed by atoms with Gasteiger partial charge in [0, 0.05) is 4.47 Å². The van der Waals surface area contributed by atoms with Crippen LogP contribution < -0.4 is 10.6 Å². The van der Waals surface area contributed by atoms with Gasteiger partial charge < -0.3 is 15.7 Å². The van der Waals surface area contributed by atoms with E-state index in [0.29, 0.717) is 11.4 Å². The SMILES string of the molecule is [C-]#[N+]c1ccc(NC(=O)Nc2ccccc2Br)c(O)c1. The van der Waals surface area contributed by atoms with E-state index in [-0.39, 0.29) is 11.4 Å². The Balaban J connectivity index is 2.09. The molecule has 3 N–H and O–H groups in total. The van der Waals surface area contributed by atoms with Crippen molar-refractivity contribution in [2.45, 2.75) is 0 Å². The van der Waals surface area contributed by atoms with Gasteiger partial charge in [-0.2, -0.15) is 0 Å². The molecule has 0 heterocycles. The van der Waals surface area contributed by atoms with Crippen LogP contribution >= 0.6 is 15.9 Å². The molecule has 100 valence electrons. The summed E-state index contributed by atoms with van der Waals surface area (Å²) in [4.78, 5) is 15.0. The molecule has 0 radical (unpaired) electrons. The molecule has 0 aromatic heterocycles. The summed E-state index contributed by atoms with van der Waals surface area (Å²) in [6, 6.07) is 11.0. The zero-order valence-corrected chi connectivity index (χ0v) is 11.8. The predicted octanol–water partition coefficient (Wildman–Crippen LogP) is 4.35. The molecule has 2 aromatic rings. The normalized spacial score (nSPS) is 9.60. The molecule has 0 unspecified atom stereocenters. The zero-order valence-electron chi connectivity index (χ0n) is 10.2. The number of amides is 2. The first-order valence-electron chi connectivity index (χ1n) is 5.63. The van der Waals surface area contributed by atoms with Crippen molar-refractivity contribution in [1.29, 1.82) is 0 Å². The van der Waals surface area contributed by atoms with E-state index in [1.54, 1.807) is 18.2 Å². The van der Waals surface area contributed by atoms with Gasteiger partial charge in [0.15, 0.2) is 5.69 Å². The molecule has 0 atom stereocenters. The molecule has 0 spiro atoms. The predicted molar refractivity (Wildman–Crippen MR) is 81.2 cm³/mol. The van der Waals surface area contributed by atoms with Crippen LogP contribution in [-0.2, 0) is 0 Å². The number of carbonyl (C=O) groups is 1. The minimum Gasteiger partial charge on any atom is -0.507 e. The third-order valence-corrected chi connectivity index (χ3v) is 3.17. The molecule has 0 bridgehead atoms. The quantitative estimate of drug-likeness (QED) is 0.565. The van der Waals surface area contributed by atoms with Gasteiger partial charge in [0.05, 0.1) is 17.9 Å². The van der Waals surface area contributed by atoms with Gasteiger partial charge in [-0.3, -0.25) is 0 Å². The highest BCUT2D eigenvalue weighted by Gasteiger charge is 2.08. The number of anilines is 2. The smallest absolute Gasteiger partial charge is 0.323 e. The molecule has 20 heavy (non-hydrogen) atoms. The van der Waals surface area contributed by atoms with E-state index in [4.69, 9.17) is 6.57 Å². The first-order chi connectivity index (χ1) is 9.60. The van der Waals surface area contributed by atoms with E-state index in [1.807, 2.05) is 6.07 Å². The number of urea groups is 1. The summed E-state index contributed by atoms with van der Waals surface area (Å²) in [6.07, 6.45) is 0. The van der Waals surface area contributed by atoms with Crippen molar-refractivity contribution >= 4 is 39.0 Å². The van der Waals surface area contributed by atoms with Crippen LogP contribution in [0.25, 0.3) is 4.85 Å². The molecule has 2 rings (SSSR count). The molecule has 0 saturated heterocycles. The Kier molecular flexibility index (Phi) is 4.23. The van der Waals surface area contributed by atoms with Gasteiger partial charge >= 0.3 is 6.03 Å². The summed E-state index contributed by atoms with van der Waals surface area (Å²) in [5.41, 5.74) is 1.16. The number of nitrogens with zero attached hydrogens (tertiary/aromatic N) is 1. The first-order valence-corrected chi connectivity index (χ1v) is 6.42. The molecular formula is C14H10BrN3O2. The van der Waals surface area contributed by atoms with Crippen LogP contribution in [0.4, 0.5) is 21.9 Å². The van der Waals surface area contributed by atoms with Crippen LogP contribution in [0.3, 0.4) is 0 Å². The Hall–Kier alpha value is -2.52. The number of halogens is 1. The molecule has 0 aliphatic heterocycles. The Morgan fingerprint density at radius 2 is 1.85 bits per heavy atom. The summed E-state index contributed by atoms with van der Waals surface area (Å²) in [5, 5.41) is 14.9. The third-order valence-electron chi connectivity index (χ3n) is 2.48. The largest absolute Gasteiger partial charge is 0.507 e. The van der Waals surface area contributed by atoms with Crippen molar-refractivity contribution in [3.8, 4) is 5.75 Å². The van der Waals surface area contributed by atoms with Gasteiger partial charge in [-0.1, -0.05) is 18.2 Å². The Bertz CT molecular complexity index is 695. The number of nitrogens with one attached hydrogen (secondary N) is 2. The maximum Gasteiger partial charge on any atom is 0.323 e. The molecule has 6 heteroatoms. The lowest BCUT2D eigenvalue weighted by Gasteiger charge is -2.10. The third kappa shape index (κ3) is 3.28. The van der Waals surface area contributed by atoms with E-state index in [2.05, 4.69) is 31.4 Å². The Labute approximate surface area is 124 Å². The molecule has 0 saturated carbocycles. The van der Waals surface area contributed by atoms with Crippen LogP contribution in [0.1, 0.15) is 0 Å². The lowest BCUT2D eigenvalue weighted by atomic mass is 10.2. The number of aromatic hydroxyl groups is 1. The molecule has 5 nitrogen and oxygen atoms in total. The number of hydrogen-bond acceptors (Lipinski definition) is 2. The number of hydrogen-bond donors (Lipinski definition) is 3. The van der Waals surface area contributed by atoms with Gasteiger partial charge in [0.1, 0.15) is 5.75 Å². The average molecular weight is 332 g/mol. The van der Waals surface area contributed by atoms with Crippen LogP contribution in [0.5, 0.6) is 5.75 Å². The van der Waals surface area contributed by atoms with Crippen molar-refractivity contribution in [3.63, 3.8) is 0 Å². The van der Waals surface area contributed by atoms with Crippen molar-refractivity contribution in [2.75, 3.05) is 10.6 Å². The molecular weight excluding hydrogens is 322 g/mol. The molecule has 2 aromatic carbocycles. The number of carbonyl (C=O) groups excluding carboxylic acids is 1. The first kappa shape index (κ1) is 13.9. The van der Waals surface area contributed by atoms with Crippen molar-refractivity contribution in [2.24, 2.45) is 0 Å². The number of phenols is 1. The monoisotopic (exact) mass is 331 g/mol. The van der Waals surface area contributed by atoms with Crippen LogP contribution in [0.15, 0.2) is 46.9 Å². The molecule has 2 amide bonds. The van der Waals surface area contributed by atoms with Crippen LogP contribution in [0, 0.1) is 6.57 Å². The zero-order chi connectivity index (χ0) is 14.5. The van der Waals surface area contributed by atoms with E-state index in [9.17, 15) is 9.90 Å². The summed E-state index contributed by atoms with van der Waals surface area (Å²) < 4.78 is 0.753. The van der Waals surface area contributed by atoms with Gasteiger partial charge in [0.25, 0.3) is 0 Å². The number of phenolic OH excluding ortho intramolecular Hbond substituents is 1. The number of para-hydroxylation sites is 1. The second-order valence-electron chi connectivity index (χ2n) is 3.87. The van der Waals surface area contributed by atoms with E-state index in [1.165, 1.54) is 18.2 Å². The molecule has 0 aliphatic carbocycles. The van der Waals surface area contributed by atoms with Gasteiger partial charge in [-0.25, -0.2) is 9.64 Å². The molecule has 0 aliphatic rings. The minimum atomic E-state index is -0.484. The summed E-state index contributed by atoms with van der Waals surface area (Å²) in [7, 11) is 0. The fraction of sp³-hybridized carbons (Fsp3) is 0. The lowest BCUT2D eigenvalue weighted by molar-refractivity contribution is 0.262. The van der Waals surface area contributed by atoms with Crippen molar-refractivity contribution in [1.82, 2.24) is 0 Å². The maximum atomic E-state index is 11.8. The fourth-order valence-electron chi connectivity index (χ4n) is 1.53. The van der Waals surface area contributed by atoms with Crippen LogP contribution in [0.2, 0.25) is 0 Å². The van der Waals surface area contributed by atoms with E-state index >= 15 is 0 Å². The Morgan fingerprint density at radius 3 is 2.50 bits per heavy atom. The highest BCUT2D eigenvalue weighted by atomic mass is 79.9. The summed E-state index contributed by atoms with van der Waals surface area (Å²) in [5.74, 6) is -0.152. The number of benzene rings is 2.